The zero-order valence-corrected chi connectivity index (χ0v) is 17.3. The molecule has 3 aromatic rings. The van der Waals surface area contributed by atoms with Crippen molar-refractivity contribution in [1.82, 2.24) is 9.71 Å². The summed E-state index contributed by atoms with van der Waals surface area (Å²) in [5.41, 5.74) is 1.62. The Morgan fingerprint density at radius 1 is 1.15 bits per heavy atom. The molecule has 0 atom stereocenters. The van der Waals surface area contributed by atoms with Crippen molar-refractivity contribution in [2.45, 2.75) is 25.3 Å². The van der Waals surface area contributed by atoms with E-state index in [9.17, 15) is 8.42 Å². The quantitative estimate of drug-likeness (QED) is 0.601. The van der Waals surface area contributed by atoms with Gasteiger partial charge in [0.25, 0.3) is 0 Å². The van der Waals surface area contributed by atoms with E-state index in [0.717, 1.165) is 21.1 Å². The lowest BCUT2D eigenvalue weighted by Gasteiger charge is -2.07. The fourth-order valence-electron chi connectivity index (χ4n) is 2.47. The third-order valence-corrected chi connectivity index (χ3v) is 6.80. The van der Waals surface area contributed by atoms with Crippen LogP contribution in [0.1, 0.15) is 17.5 Å². The number of halogens is 1. The summed E-state index contributed by atoms with van der Waals surface area (Å²) in [5, 5.41) is 1.39. The van der Waals surface area contributed by atoms with E-state index in [-0.39, 0.29) is 11.4 Å². The fraction of sp³-hybridized carbons (Fsp3) is 0.211. The van der Waals surface area contributed by atoms with Gasteiger partial charge in [0.15, 0.2) is 0 Å². The van der Waals surface area contributed by atoms with E-state index in [0.29, 0.717) is 17.4 Å². The van der Waals surface area contributed by atoms with E-state index < -0.39 is 10.0 Å². The Hall–Kier alpha value is -1.93. The van der Waals surface area contributed by atoms with Crippen LogP contribution in [-0.4, -0.2) is 20.0 Å². The topological polar surface area (TPSA) is 68.3 Å². The van der Waals surface area contributed by atoms with Crippen LogP contribution >= 0.6 is 22.9 Å². The lowest BCUT2D eigenvalue weighted by Crippen LogP contribution is -2.23. The Morgan fingerprint density at radius 2 is 1.85 bits per heavy atom. The lowest BCUT2D eigenvalue weighted by molar-refractivity contribution is 0.340. The molecule has 0 amide bonds. The molecule has 0 aliphatic carbocycles. The first-order chi connectivity index (χ1) is 12.9. The summed E-state index contributed by atoms with van der Waals surface area (Å²) in [6.45, 7) is 4.43. The smallest absolute Gasteiger partial charge is 0.240 e. The Kier molecular flexibility index (Phi) is 6.16. The van der Waals surface area contributed by atoms with Crippen LogP contribution in [-0.2, 0) is 16.6 Å². The van der Waals surface area contributed by atoms with Crippen LogP contribution in [0.5, 0.6) is 5.75 Å². The van der Waals surface area contributed by atoms with Gasteiger partial charge in [-0.25, -0.2) is 18.1 Å². The largest absolute Gasteiger partial charge is 0.494 e. The minimum Gasteiger partial charge on any atom is -0.494 e. The summed E-state index contributed by atoms with van der Waals surface area (Å²) in [7, 11) is -3.62. The minimum atomic E-state index is -3.62. The van der Waals surface area contributed by atoms with Gasteiger partial charge < -0.3 is 4.74 Å². The van der Waals surface area contributed by atoms with Crippen molar-refractivity contribution in [2.75, 3.05) is 6.61 Å². The Morgan fingerprint density at radius 3 is 2.52 bits per heavy atom. The number of benzene rings is 2. The second-order valence-corrected chi connectivity index (χ2v) is 8.99. The van der Waals surface area contributed by atoms with Crippen LogP contribution in [0.2, 0.25) is 5.02 Å². The van der Waals surface area contributed by atoms with Crippen LogP contribution in [0.4, 0.5) is 0 Å². The average Bonchev–Trinajstić information content (AvgIpc) is 3.02. The summed E-state index contributed by atoms with van der Waals surface area (Å²) in [5.74, 6) is 0.638. The van der Waals surface area contributed by atoms with Crippen LogP contribution in [0.25, 0.3) is 10.6 Å². The Bertz CT molecular complexity index is 1030. The molecule has 0 aliphatic rings. The molecule has 0 radical (unpaired) electrons. The molecule has 0 aliphatic heterocycles. The van der Waals surface area contributed by atoms with Crippen molar-refractivity contribution < 1.29 is 13.2 Å². The number of hydrogen-bond donors (Lipinski definition) is 1. The third kappa shape index (κ3) is 4.68. The molecule has 27 heavy (non-hydrogen) atoms. The summed E-state index contributed by atoms with van der Waals surface area (Å²) in [6.07, 6.45) is 0. The number of aryl methyl sites for hydroxylation is 1. The van der Waals surface area contributed by atoms with Crippen molar-refractivity contribution in [1.29, 1.82) is 0 Å². The zero-order chi connectivity index (χ0) is 19.4. The molecule has 2 aromatic carbocycles. The number of hydrogen-bond acceptors (Lipinski definition) is 5. The van der Waals surface area contributed by atoms with E-state index in [1.165, 1.54) is 23.5 Å². The van der Waals surface area contributed by atoms with Gasteiger partial charge in [0.2, 0.25) is 10.0 Å². The van der Waals surface area contributed by atoms with Crippen molar-refractivity contribution in [3.8, 4) is 16.3 Å². The molecule has 8 heteroatoms. The van der Waals surface area contributed by atoms with Crippen LogP contribution in [0.15, 0.2) is 53.4 Å². The molecule has 0 bridgehead atoms. The molecule has 1 heterocycles. The average molecular weight is 423 g/mol. The maximum Gasteiger partial charge on any atom is 0.240 e. The van der Waals surface area contributed by atoms with Crippen molar-refractivity contribution in [2.24, 2.45) is 0 Å². The van der Waals surface area contributed by atoms with Gasteiger partial charge in [0.1, 0.15) is 10.8 Å². The molecular weight excluding hydrogens is 404 g/mol. The van der Waals surface area contributed by atoms with E-state index in [4.69, 9.17) is 16.3 Å². The molecule has 0 saturated heterocycles. The molecule has 0 unspecified atom stereocenters. The lowest BCUT2D eigenvalue weighted by atomic mass is 10.2. The summed E-state index contributed by atoms with van der Waals surface area (Å²) >= 11 is 7.66. The van der Waals surface area contributed by atoms with E-state index in [1.54, 1.807) is 12.1 Å². The summed E-state index contributed by atoms with van der Waals surface area (Å²) < 4.78 is 33.0. The maximum atomic E-state index is 12.5. The normalized spacial score (nSPS) is 11.5. The number of nitrogens with one attached hydrogen (secondary N) is 1. The SMILES string of the molecule is CCOc1ccc(S(=O)(=O)NCc2sc(-c3ccccc3Cl)nc2C)cc1. The highest BCUT2D eigenvalue weighted by Gasteiger charge is 2.17. The highest BCUT2D eigenvalue weighted by Crippen LogP contribution is 2.32. The van der Waals surface area contributed by atoms with Crippen molar-refractivity contribution >= 4 is 33.0 Å². The number of thiazole rings is 1. The number of ether oxygens (including phenoxy) is 1. The van der Waals surface area contributed by atoms with Crippen LogP contribution < -0.4 is 9.46 Å². The van der Waals surface area contributed by atoms with Gasteiger partial charge in [0.05, 0.1) is 22.2 Å². The van der Waals surface area contributed by atoms with E-state index in [2.05, 4.69) is 9.71 Å². The highest BCUT2D eigenvalue weighted by atomic mass is 35.5. The molecule has 0 spiro atoms. The van der Waals surface area contributed by atoms with Crippen molar-refractivity contribution in [3.63, 3.8) is 0 Å². The highest BCUT2D eigenvalue weighted by molar-refractivity contribution is 7.89. The third-order valence-electron chi connectivity index (χ3n) is 3.86. The van der Waals surface area contributed by atoms with Gasteiger partial charge in [-0.15, -0.1) is 11.3 Å². The number of sulfonamides is 1. The van der Waals surface area contributed by atoms with Crippen LogP contribution in [0, 0.1) is 6.92 Å². The second-order valence-electron chi connectivity index (χ2n) is 5.74. The van der Waals surface area contributed by atoms with Crippen LogP contribution in [0.3, 0.4) is 0 Å². The molecule has 0 saturated carbocycles. The summed E-state index contributed by atoms with van der Waals surface area (Å²) in [6, 6.07) is 13.8. The Balaban J connectivity index is 1.75. The van der Waals surface area contributed by atoms with Gasteiger partial charge in [-0.2, -0.15) is 0 Å². The second kappa shape index (κ2) is 8.39. The molecule has 1 N–H and O–H groups in total. The van der Waals surface area contributed by atoms with Crippen molar-refractivity contribution in [3.05, 3.63) is 64.1 Å². The first-order valence-electron chi connectivity index (χ1n) is 8.34. The number of aromatic nitrogens is 1. The van der Waals surface area contributed by atoms with Gasteiger partial charge in [0, 0.05) is 17.0 Å². The minimum absolute atomic E-state index is 0.170. The standard InChI is InChI=1S/C19H19ClN2O3S2/c1-3-25-14-8-10-15(11-9-14)27(23,24)21-12-18-13(2)22-19(26-18)16-6-4-5-7-17(16)20/h4-11,21H,3,12H2,1-2H3. The van der Waals surface area contributed by atoms with Gasteiger partial charge in [-0.1, -0.05) is 29.8 Å². The first-order valence-corrected chi connectivity index (χ1v) is 11.0. The van der Waals surface area contributed by atoms with Gasteiger partial charge in [-0.05, 0) is 44.2 Å². The summed E-state index contributed by atoms with van der Waals surface area (Å²) in [4.78, 5) is 5.57. The predicted molar refractivity (Wildman–Crippen MR) is 109 cm³/mol. The monoisotopic (exact) mass is 422 g/mol. The zero-order valence-electron chi connectivity index (χ0n) is 14.9. The van der Waals surface area contributed by atoms with E-state index >= 15 is 0 Å². The maximum absolute atomic E-state index is 12.5. The fourth-order valence-corrected chi connectivity index (χ4v) is 4.88. The molecule has 5 nitrogen and oxygen atoms in total. The van der Waals surface area contributed by atoms with Gasteiger partial charge in [-0.3, -0.25) is 0 Å². The first kappa shape index (κ1) is 19.8. The molecule has 0 fully saturated rings. The molecule has 142 valence electrons. The molecule has 3 rings (SSSR count). The molecular formula is C19H19ClN2O3S2. The predicted octanol–water partition coefficient (Wildman–Crippen LogP) is 4.65. The molecule has 1 aromatic heterocycles. The van der Waals surface area contributed by atoms with E-state index in [1.807, 2.05) is 38.1 Å². The van der Waals surface area contributed by atoms with Gasteiger partial charge >= 0.3 is 0 Å². The Labute approximate surface area is 168 Å². The number of nitrogens with zero attached hydrogens (tertiary/aromatic N) is 1. The number of rotatable bonds is 7.